The first-order valence-corrected chi connectivity index (χ1v) is 8.56. The van der Waals surface area contributed by atoms with Crippen molar-refractivity contribution in [1.82, 2.24) is 0 Å². The lowest BCUT2D eigenvalue weighted by molar-refractivity contribution is -0.137. The van der Waals surface area contributed by atoms with E-state index in [1.54, 1.807) is 12.1 Å². The van der Waals surface area contributed by atoms with Crippen LogP contribution in [0.3, 0.4) is 0 Å². The Hall–Kier alpha value is -2.54. The Morgan fingerprint density at radius 1 is 1.04 bits per heavy atom. The Bertz CT molecular complexity index is 821. The maximum absolute atomic E-state index is 13.2. The molecule has 8 heteroatoms. The van der Waals surface area contributed by atoms with Gasteiger partial charge in [0.25, 0.3) is 0 Å². The Kier molecular flexibility index (Phi) is 6.85. The fraction of sp³-hybridized carbons (Fsp3) is 0.263. The number of nitrogens with one attached hydrogen (secondary N) is 2. The molecule has 0 aliphatic carbocycles. The average molecular weight is 399 g/mol. The summed E-state index contributed by atoms with van der Waals surface area (Å²) in [4.78, 5) is 23.1. The molecule has 0 saturated carbocycles. The van der Waals surface area contributed by atoms with Gasteiger partial charge in [-0.2, -0.15) is 13.2 Å². The van der Waals surface area contributed by atoms with Crippen molar-refractivity contribution in [2.75, 3.05) is 10.6 Å². The summed E-state index contributed by atoms with van der Waals surface area (Å²) in [6.07, 6.45) is -3.50. The van der Waals surface area contributed by atoms with Crippen molar-refractivity contribution in [1.29, 1.82) is 0 Å². The van der Waals surface area contributed by atoms with Gasteiger partial charge in [-0.15, -0.1) is 0 Å². The molecule has 4 nitrogen and oxygen atoms in total. The van der Waals surface area contributed by atoms with Crippen LogP contribution < -0.4 is 10.6 Å². The SMILES string of the molecule is CC(=O)Nc1ccc(NC(=O)CCCc2ccc(Cl)cc2)c(C(F)(F)F)c1. The summed E-state index contributed by atoms with van der Waals surface area (Å²) in [5.41, 5.74) is -0.355. The van der Waals surface area contributed by atoms with Crippen LogP contribution in [-0.2, 0) is 22.2 Å². The monoisotopic (exact) mass is 398 g/mol. The van der Waals surface area contributed by atoms with Gasteiger partial charge in [0.15, 0.2) is 0 Å². The number of halogens is 4. The fourth-order valence-electron chi connectivity index (χ4n) is 2.49. The molecule has 0 saturated heterocycles. The largest absolute Gasteiger partial charge is 0.418 e. The minimum Gasteiger partial charge on any atom is -0.326 e. The summed E-state index contributed by atoms with van der Waals surface area (Å²) in [5.74, 6) is -0.996. The topological polar surface area (TPSA) is 58.2 Å². The molecule has 2 aromatic carbocycles. The smallest absolute Gasteiger partial charge is 0.326 e. The minimum atomic E-state index is -4.67. The Morgan fingerprint density at radius 3 is 2.30 bits per heavy atom. The molecular formula is C19H18ClF3N2O2. The van der Waals surface area contributed by atoms with Gasteiger partial charge in [-0.05, 0) is 48.7 Å². The van der Waals surface area contributed by atoms with Gasteiger partial charge >= 0.3 is 6.18 Å². The zero-order chi connectivity index (χ0) is 20.0. The lowest BCUT2D eigenvalue weighted by Crippen LogP contribution is -2.17. The number of benzene rings is 2. The van der Waals surface area contributed by atoms with Crippen molar-refractivity contribution in [3.63, 3.8) is 0 Å². The van der Waals surface area contributed by atoms with E-state index in [4.69, 9.17) is 11.6 Å². The van der Waals surface area contributed by atoms with Crippen LogP contribution in [-0.4, -0.2) is 11.8 Å². The summed E-state index contributed by atoms with van der Waals surface area (Å²) in [6, 6.07) is 10.4. The van der Waals surface area contributed by atoms with Gasteiger partial charge in [0.05, 0.1) is 11.3 Å². The van der Waals surface area contributed by atoms with Gasteiger partial charge in [-0.1, -0.05) is 23.7 Å². The molecule has 0 atom stereocenters. The molecule has 2 amide bonds. The number of alkyl halides is 3. The predicted molar refractivity (Wildman–Crippen MR) is 98.8 cm³/mol. The molecule has 0 heterocycles. The average Bonchev–Trinajstić information content (AvgIpc) is 2.56. The predicted octanol–water partition coefficient (Wildman–Crippen LogP) is 5.28. The van der Waals surface area contributed by atoms with Gasteiger partial charge in [0, 0.05) is 24.1 Å². The first-order chi connectivity index (χ1) is 12.6. The lowest BCUT2D eigenvalue weighted by atomic mass is 10.1. The van der Waals surface area contributed by atoms with Crippen LogP contribution in [0.2, 0.25) is 5.02 Å². The summed E-state index contributed by atoms with van der Waals surface area (Å²) in [7, 11) is 0. The highest BCUT2D eigenvalue weighted by molar-refractivity contribution is 6.30. The summed E-state index contributed by atoms with van der Waals surface area (Å²) >= 11 is 5.80. The van der Waals surface area contributed by atoms with Crippen LogP contribution in [0.25, 0.3) is 0 Å². The minimum absolute atomic E-state index is 0.00978. The molecule has 0 aliphatic rings. The number of rotatable bonds is 6. The van der Waals surface area contributed by atoms with Gasteiger partial charge in [-0.3, -0.25) is 9.59 Å². The van der Waals surface area contributed by atoms with Gasteiger partial charge < -0.3 is 10.6 Å². The van der Waals surface area contributed by atoms with Crippen LogP contribution in [0.5, 0.6) is 0 Å². The van der Waals surface area contributed by atoms with E-state index >= 15 is 0 Å². The fourth-order valence-corrected chi connectivity index (χ4v) is 2.61. The zero-order valence-corrected chi connectivity index (χ0v) is 15.2. The third kappa shape index (κ3) is 6.60. The van der Waals surface area contributed by atoms with Crippen molar-refractivity contribution in [3.8, 4) is 0 Å². The third-order valence-electron chi connectivity index (χ3n) is 3.70. The molecular weight excluding hydrogens is 381 g/mol. The molecule has 0 spiro atoms. The molecule has 2 aromatic rings. The van der Waals surface area contributed by atoms with E-state index in [1.807, 2.05) is 12.1 Å². The lowest BCUT2D eigenvalue weighted by Gasteiger charge is -2.15. The molecule has 2 rings (SSSR count). The van der Waals surface area contributed by atoms with E-state index in [1.165, 1.54) is 13.0 Å². The first kappa shape index (κ1) is 20.8. The summed E-state index contributed by atoms with van der Waals surface area (Å²) in [5, 5.41) is 5.20. The normalized spacial score (nSPS) is 11.1. The van der Waals surface area contributed by atoms with Crippen molar-refractivity contribution < 1.29 is 22.8 Å². The molecule has 0 unspecified atom stereocenters. The first-order valence-electron chi connectivity index (χ1n) is 8.18. The van der Waals surface area contributed by atoms with Crippen LogP contribution in [0, 0.1) is 0 Å². The standard InChI is InChI=1S/C19H18ClF3N2O2/c1-12(26)24-15-9-10-17(16(11-15)19(21,22)23)25-18(27)4-2-3-13-5-7-14(20)8-6-13/h5-11H,2-4H2,1H3,(H,24,26)(H,25,27). The highest BCUT2D eigenvalue weighted by Crippen LogP contribution is 2.36. The molecule has 144 valence electrons. The number of amides is 2. The third-order valence-corrected chi connectivity index (χ3v) is 3.95. The summed E-state index contributed by atoms with van der Waals surface area (Å²) in [6.45, 7) is 1.20. The number of aryl methyl sites for hydroxylation is 1. The number of anilines is 2. The van der Waals surface area contributed by atoms with E-state index in [0.29, 0.717) is 17.9 Å². The maximum Gasteiger partial charge on any atom is 0.418 e. The Morgan fingerprint density at radius 2 is 1.70 bits per heavy atom. The van der Waals surface area contributed by atoms with E-state index in [-0.39, 0.29) is 17.8 Å². The van der Waals surface area contributed by atoms with Crippen molar-refractivity contribution in [2.45, 2.75) is 32.4 Å². The van der Waals surface area contributed by atoms with E-state index in [0.717, 1.165) is 17.7 Å². The van der Waals surface area contributed by atoms with Crippen LogP contribution >= 0.6 is 11.6 Å². The molecule has 0 fully saturated rings. The van der Waals surface area contributed by atoms with Crippen molar-refractivity contribution >= 4 is 34.8 Å². The molecule has 0 bridgehead atoms. The Balaban J connectivity index is 2.01. The number of hydrogen-bond acceptors (Lipinski definition) is 2. The van der Waals surface area contributed by atoms with E-state index < -0.39 is 23.6 Å². The molecule has 2 N–H and O–H groups in total. The quantitative estimate of drug-likeness (QED) is 0.695. The van der Waals surface area contributed by atoms with Crippen molar-refractivity contribution in [3.05, 3.63) is 58.6 Å². The molecule has 27 heavy (non-hydrogen) atoms. The van der Waals surface area contributed by atoms with E-state index in [2.05, 4.69) is 10.6 Å². The number of hydrogen-bond donors (Lipinski definition) is 2. The highest BCUT2D eigenvalue weighted by Gasteiger charge is 2.34. The molecule has 0 radical (unpaired) electrons. The second kappa shape index (κ2) is 8.90. The van der Waals surface area contributed by atoms with Crippen molar-refractivity contribution in [2.24, 2.45) is 0 Å². The molecule has 0 aromatic heterocycles. The zero-order valence-electron chi connectivity index (χ0n) is 14.5. The number of carbonyl (C=O) groups is 2. The van der Waals surface area contributed by atoms with Crippen LogP contribution in [0.15, 0.2) is 42.5 Å². The second-order valence-electron chi connectivity index (χ2n) is 5.97. The maximum atomic E-state index is 13.2. The Labute approximate surface area is 159 Å². The molecule has 0 aliphatic heterocycles. The van der Waals surface area contributed by atoms with Crippen LogP contribution in [0.1, 0.15) is 30.9 Å². The second-order valence-corrected chi connectivity index (χ2v) is 6.40. The van der Waals surface area contributed by atoms with Gasteiger partial charge in [0.1, 0.15) is 0 Å². The van der Waals surface area contributed by atoms with Gasteiger partial charge in [0.2, 0.25) is 11.8 Å². The van der Waals surface area contributed by atoms with Gasteiger partial charge in [-0.25, -0.2) is 0 Å². The highest BCUT2D eigenvalue weighted by atomic mass is 35.5. The van der Waals surface area contributed by atoms with Crippen LogP contribution in [0.4, 0.5) is 24.5 Å². The van der Waals surface area contributed by atoms with E-state index in [9.17, 15) is 22.8 Å². The number of carbonyl (C=O) groups excluding carboxylic acids is 2. The summed E-state index contributed by atoms with van der Waals surface area (Å²) < 4.78 is 39.7.